The molecule has 24 heavy (non-hydrogen) atoms. The van der Waals surface area contributed by atoms with E-state index in [1.807, 2.05) is 13.8 Å². The Morgan fingerprint density at radius 1 is 1.29 bits per heavy atom. The zero-order valence-corrected chi connectivity index (χ0v) is 13.9. The fourth-order valence-corrected chi connectivity index (χ4v) is 2.36. The van der Waals surface area contributed by atoms with E-state index in [9.17, 15) is 9.59 Å². The van der Waals surface area contributed by atoms with Crippen LogP contribution in [0.4, 0.5) is 0 Å². The number of benzene rings is 1. The summed E-state index contributed by atoms with van der Waals surface area (Å²) in [5, 5.41) is 11.2. The topological polar surface area (TPSA) is 94.7 Å². The molecule has 1 aromatic carbocycles. The van der Waals surface area contributed by atoms with E-state index in [-0.39, 0.29) is 24.0 Å². The molecule has 3 aromatic rings. The van der Waals surface area contributed by atoms with E-state index < -0.39 is 5.56 Å². The van der Waals surface area contributed by atoms with Gasteiger partial charge in [0.25, 0.3) is 5.56 Å². The Bertz CT molecular complexity index is 945. The summed E-state index contributed by atoms with van der Waals surface area (Å²) in [6, 6.07) is 6.92. The first-order valence-corrected chi connectivity index (χ1v) is 7.69. The number of hydrogen-bond donors (Lipinski definition) is 1. The quantitative estimate of drug-likeness (QED) is 0.764. The van der Waals surface area contributed by atoms with E-state index in [2.05, 4.69) is 20.6 Å². The van der Waals surface area contributed by atoms with Crippen LogP contribution in [0.1, 0.15) is 13.8 Å². The van der Waals surface area contributed by atoms with Gasteiger partial charge < -0.3 is 5.32 Å². The molecule has 0 aliphatic heterocycles. The highest BCUT2D eigenvalue weighted by Gasteiger charge is 2.15. The number of fused-ring (bicyclic) bond motifs is 1. The van der Waals surface area contributed by atoms with Gasteiger partial charge in [-0.2, -0.15) is 4.68 Å². The smallest absolute Gasteiger partial charge is 0.284 e. The van der Waals surface area contributed by atoms with Crippen LogP contribution in [0.25, 0.3) is 16.9 Å². The second kappa shape index (κ2) is 6.40. The molecule has 0 spiro atoms. The summed E-state index contributed by atoms with van der Waals surface area (Å²) in [6.45, 7) is 3.58. The zero-order valence-electron chi connectivity index (χ0n) is 13.1. The van der Waals surface area contributed by atoms with Gasteiger partial charge in [0.05, 0.1) is 5.69 Å². The van der Waals surface area contributed by atoms with Crippen LogP contribution in [0, 0.1) is 0 Å². The fraction of sp³-hybridized carbons (Fsp3) is 0.267. The van der Waals surface area contributed by atoms with Gasteiger partial charge in [0, 0.05) is 11.1 Å². The average molecular weight is 347 g/mol. The molecule has 9 heteroatoms. The highest BCUT2D eigenvalue weighted by atomic mass is 35.5. The van der Waals surface area contributed by atoms with Crippen molar-refractivity contribution in [2.75, 3.05) is 0 Å². The molecule has 3 rings (SSSR count). The summed E-state index contributed by atoms with van der Waals surface area (Å²) >= 11 is 5.87. The van der Waals surface area contributed by atoms with Gasteiger partial charge in [0.1, 0.15) is 12.9 Å². The fourth-order valence-electron chi connectivity index (χ4n) is 2.24. The van der Waals surface area contributed by atoms with E-state index in [0.29, 0.717) is 16.4 Å². The lowest BCUT2D eigenvalue weighted by Crippen LogP contribution is -2.36. The van der Waals surface area contributed by atoms with Crippen LogP contribution in [0.2, 0.25) is 5.02 Å². The lowest BCUT2D eigenvalue weighted by Gasteiger charge is -2.09. The van der Waals surface area contributed by atoms with Gasteiger partial charge in [-0.05, 0) is 38.1 Å². The van der Waals surface area contributed by atoms with Crippen molar-refractivity contribution in [1.82, 2.24) is 29.9 Å². The standard InChI is InChI=1S/C15H15ClN6O2/c1-9(2)18-12(23)7-21-8-17-14-13(15(21)24)19-20-22(14)11-5-3-10(16)4-6-11/h3-6,8-9H,7H2,1-2H3,(H,18,23). The number of aromatic nitrogens is 5. The van der Waals surface area contributed by atoms with Crippen molar-refractivity contribution < 1.29 is 4.79 Å². The Labute approximate surface area is 142 Å². The first-order valence-electron chi connectivity index (χ1n) is 7.32. The molecule has 0 unspecified atom stereocenters. The van der Waals surface area contributed by atoms with Gasteiger partial charge in [-0.15, -0.1) is 5.10 Å². The molecular formula is C15H15ClN6O2. The third-order valence-electron chi connectivity index (χ3n) is 3.26. The second-order valence-corrected chi connectivity index (χ2v) is 5.99. The maximum Gasteiger partial charge on any atom is 0.284 e. The molecule has 0 saturated carbocycles. The molecule has 0 fully saturated rings. The van der Waals surface area contributed by atoms with E-state index >= 15 is 0 Å². The summed E-state index contributed by atoms with van der Waals surface area (Å²) in [4.78, 5) is 28.5. The maximum absolute atomic E-state index is 12.5. The Kier molecular flexibility index (Phi) is 4.30. The highest BCUT2D eigenvalue weighted by molar-refractivity contribution is 6.30. The largest absolute Gasteiger partial charge is 0.352 e. The van der Waals surface area contributed by atoms with Crippen molar-refractivity contribution in [2.45, 2.75) is 26.4 Å². The molecule has 0 bridgehead atoms. The Morgan fingerprint density at radius 2 is 2.00 bits per heavy atom. The minimum Gasteiger partial charge on any atom is -0.352 e. The lowest BCUT2D eigenvalue weighted by molar-refractivity contribution is -0.122. The van der Waals surface area contributed by atoms with Gasteiger partial charge in [-0.1, -0.05) is 16.8 Å². The van der Waals surface area contributed by atoms with E-state index in [1.165, 1.54) is 15.6 Å². The Morgan fingerprint density at radius 3 is 2.67 bits per heavy atom. The Hall–Kier alpha value is -2.74. The van der Waals surface area contributed by atoms with Gasteiger partial charge in [-0.3, -0.25) is 14.2 Å². The van der Waals surface area contributed by atoms with Crippen molar-refractivity contribution >= 4 is 28.7 Å². The summed E-state index contributed by atoms with van der Waals surface area (Å²) < 4.78 is 2.66. The molecule has 0 radical (unpaired) electrons. The van der Waals surface area contributed by atoms with Crippen LogP contribution in [0.5, 0.6) is 0 Å². The SMILES string of the molecule is CC(C)NC(=O)Cn1cnc2c(nnn2-c2ccc(Cl)cc2)c1=O. The van der Waals surface area contributed by atoms with Crippen molar-refractivity contribution in [3.8, 4) is 5.69 Å². The predicted octanol–water partition coefficient (Wildman–Crippen LogP) is 1.16. The first kappa shape index (κ1) is 16.1. The molecule has 0 saturated heterocycles. The number of hydrogen-bond acceptors (Lipinski definition) is 5. The van der Waals surface area contributed by atoms with E-state index in [1.54, 1.807) is 24.3 Å². The molecule has 2 aromatic heterocycles. The summed E-state index contributed by atoms with van der Waals surface area (Å²) in [7, 11) is 0. The number of carbonyl (C=O) groups excluding carboxylic acids is 1. The zero-order chi connectivity index (χ0) is 17.3. The van der Waals surface area contributed by atoms with Crippen molar-refractivity contribution in [3.05, 3.63) is 46.0 Å². The third kappa shape index (κ3) is 3.13. The van der Waals surface area contributed by atoms with Crippen LogP contribution >= 0.6 is 11.6 Å². The predicted molar refractivity (Wildman–Crippen MR) is 89.2 cm³/mol. The summed E-state index contributed by atoms with van der Waals surface area (Å²) in [5.41, 5.74) is 0.691. The molecule has 1 amide bonds. The Balaban J connectivity index is 1.98. The van der Waals surface area contributed by atoms with E-state index in [0.717, 1.165) is 0 Å². The number of nitrogens with one attached hydrogen (secondary N) is 1. The van der Waals surface area contributed by atoms with Crippen LogP contribution in [0.15, 0.2) is 35.4 Å². The van der Waals surface area contributed by atoms with Gasteiger partial charge in [0.2, 0.25) is 5.91 Å². The molecular weight excluding hydrogens is 332 g/mol. The van der Waals surface area contributed by atoms with Crippen molar-refractivity contribution in [3.63, 3.8) is 0 Å². The molecule has 0 aliphatic rings. The van der Waals surface area contributed by atoms with Crippen LogP contribution < -0.4 is 10.9 Å². The van der Waals surface area contributed by atoms with Crippen LogP contribution in [0.3, 0.4) is 0 Å². The second-order valence-electron chi connectivity index (χ2n) is 5.55. The third-order valence-corrected chi connectivity index (χ3v) is 3.52. The van der Waals surface area contributed by atoms with Crippen molar-refractivity contribution in [1.29, 1.82) is 0 Å². The first-order chi connectivity index (χ1) is 11.5. The number of rotatable bonds is 4. The monoisotopic (exact) mass is 346 g/mol. The normalized spacial score (nSPS) is 11.2. The van der Waals surface area contributed by atoms with E-state index in [4.69, 9.17) is 11.6 Å². The highest BCUT2D eigenvalue weighted by Crippen LogP contribution is 2.15. The van der Waals surface area contributed by atoms with Gasteiger partial charge in [0.15, 0.2) is 11.2 Å². The minimum absolute atomic E-state index is 0.00401. The lowest BCUT2D eigenvalue weighted by atomic mass is 10.3. The van der Waals surface area contributed by atoms with Crippen molar-refractivity contribution in [2.24, 2.45) is 0 Å². The molecule has 0 aliphatic carbocycles. The number of amides is 1. The number of carbonyl (C=O) groups is 1. The summed E-state index contributed by atoms with van der Waals surface area (Å²) in [5.74, 6) is -0.265. The van der Waals surface area contributed by atoms with Crippen LogP contribution in [-0.4, -0.2) is 36.5 Å². The average Bonchev–Trinajstić information content (AvgIpc) is 2.95. The molecule has 1 N–H and O–H groups in total. The van der Waals surface area contributed by atoms with Crippen LogP contribution in [-0.2, 0) is 11.3 Å². The molecule has 8 nitrogen and oxygen atoms in total. The van der Waals surface area contributed by atoms with Gasteiger partial charge in [-0.25, -0.2) is 4.98 Å². The summed E-state index contributed by atoms with van der Waals surface area (Å²) in [6.07, 6.45) is 1.32. The van der Waals surface area contributed by atoms with Gasteiger partial charge >= 0.3 is 0 Å². The maximum atomic E-state index is 12.5. The molecule has 0 atom stereocenters. The molecule has 2 heterocycles. The molecule has 124 valence electrons. The number of halogens is 1. The minimum atomic E-state index is -0.417. The number of nitrogens with zero attached hydrogens (tertiary/aromatic N) is 5.